The predicted molar refractivity (Wildman–Crippen MR) is 80.4 cm³/mol. The molecule has 1 unspecified atom stereocenters. The number of carbonyl (C=O) groups is 1. The smallest absolute Gasteiger partial charge is 0.356 e. The van der Waals surface area contributed by atoms with Crippen molar-refractivity contribution in [3.63, 3.8) is 0 Å². The molecule has 1 N–H and O–H groups in total. The van der Waals surface area contributed by atoms with E-state index in [2.05, 4.69) is 37.7 Å². The van der Waals surface area contributed by atoms with Crippen LogP contribution in [0.15, 0.2) is 6.20 Å². The first-order valence-corrected chi connectivity index (χ1v) is 6.88. The van der Waals surface area contributed by atoms with Gasteiger partial charge in [-0.2, -0.15) is 0 Å². The third-order valence-corrected chi connectivity index (χ3v) is 3.72. The van der Waals surface area contributed by atoms with Gasteiger partial charge in [-0.1, -0.05) is 34.6 Å². The van der Waals surface area contributed by atoms with Gasteiger partial charge in [0.15, 0.2) is 5.69 Å². The molecule has 20 heavy (non-hydrogen) atoms. The second kappa shape index (κ2) is 5.77. The molecule has 0 aliphatic heterocycles. The Morgan fingerprint density at radius 3 is 2.25 bits per heavy atom. The third-order valence-electron chi connectivity index (χ3n) is 3.72. The van der Waals surface area contributed by atoms with Gasteiger partial charge in [0.05, 0.1) is 11.9 Å². The quantitative estimate of drug-likeness (QED) is 0.917. The molecule has 5 heteroatoms. The van der Waals surface area contributed by atoms with Gasteiger partial charge in [-0.15, -0.1) is 0 Å². The molecule has 1 rings (SSSR count). The van der Waals surface area contributed by atoms with Crippen molar-refractivity contribution in [1.82, 2.24) is 9.97 Å². The standard InChI is InChI=1S/C15H25N3O2/c1-9(2)13-16-8-11(12(17-13)14(19)20)18(7)10(3)15(4,5)6/h8-10H,1-7H3,(H,19,20). The van der Waals surface area contributed by atoms with Gasteiger partial charge in [-0.3, -0.25) is 0 Å². The van der Waals surface area contributed by atoms with Gasteiger partial charge in [0.2, 0.25) is 0 Å². The molecular formula is C15H25N3O2. The number of anilines is 1. The van der Waals surface area contributed by atoms with Gasteiger partial charge in [-0.25, -0.2) is 14.8 Å². The maximum absolute atomic E-state index is 11.5. The zero-order valence-electron chi connectivity index (χ0n) is 13.4. The molecule has 0 spiro atoms. The molecule has 5 nitrogen and oxygen atoms in total. The van der Waals surface area contributed by atoms with E-state index >= 15 is 0 Å². The molecule has 0 saturated heterocycles. The molecule has 0 saturated carbocycles. The molecule has 0 aliphatic rings. The first kappa shape index (κ1) is 16.4. The number of rotatable bonds is 4. The van der Waals surface area contributed by atoms with Crippen molar-refractivity contribution in [3.05, 3.63) is 17.7 Å². The summed E-state index contributed by atoms with van der Waals surface area (Å²) < 4.78 is 0. The number of aromatic carboxylic acids is 1. The molecule has 112 valence electrons. The molecule has 1 atom stereocenters. The molecule has 0 amide bonds. The van der Waals surface area contributed by atoms with Gasteiger partial charge in [0.25, 0.3) is 0 Å². The fourth-order valence-corrected chi connectivity index (χ4v) is 1.87. The van der Waals surface area contributed by atoms with Crippen LogP contribution >= 0.6 is 0 Å². The second-order valence-corrected chi connectivity index (χ2v) is 6.57. The van der Waals surface area contributed by atoms with Crippen molar-refractivity contribution in [2.45, 2.75) is 53.5 Å². The molecule has 0 aliphatic carbocycles. The summed E-state index contributed by atoms with van der Waals surface area (Å²) in [6.07, 6.45) is 1.62. The van der Waals surface area contributed by atoms with E-state index in [0.717, 1.165) is 0 Å². The van der Waals surface area contributed by atoms with Crippen LogP contribution in [0.25, 0.3) is 0 Å². The van der Waals surface area contributed by atoms with Crippen LogP contribution in [0, 0.1) is 5.41 Å². The van der Waals surface area contributed by atoms with E-state index in [0.29, 0.717) is 11.5 Å². The van der Waals surface area contributed by atoms with Crippen LogP contribution in [0.2, 0.25) is 0 Å². The Bertz CT molecular complexity index is 492. The summed E-state index contributed by atoms with van der Waals surface area (Å²) in [4.78, 5) is 21.9. The normalized spacial score (nSPS) is 13.4. The van der Waals surface area contributed by atoms with Crippen molar-refractivity contribution >= 4 is 11.7 Å². The molecular weight excluding hydrogens is 254 g/mol. The summed E-state index contributed by atoms with van der Waals surface area (Å²) in [5, 5.41) is 9.39. The van der Waals surface area contributed by atoms with Crippen molar-refractivity contribution in [2.24, 2.45) is 5.41 Å². The number of aromatic nitrogens is 2. The van der Waals surface area contributed by atoms with E-state index in [9.17, 15) is 9.90 Å². The summed E-state index contributed by atoms with van der Waals surface area (Å²) in [6, 6.07) is 0.161. The highest BCUT2D eigenvalue weighted by molar-refractivity contribution is 5.92. The van der Waals surface area contributed by atoms with Gasteiger partial charge in [-0.05, 0) is 12.3 Å². The zero-order valence-corrected chi connectivity index (χ0v) is 13.4. The molecule has 1 aromatic heterocycles. The Balaban J connectivity index is 3.27. The van der Waals surface area contributed by atoms with Crippen LogP contribution in [0.3, 0.4) is 0 Å². The summed E-state index contributed by atoms with van der Waals surface area (Å²) >= 11 is 0. The fraction of sp³-hybridized carbons (Fsp3) is 0.667. The van der Waals surface area contributed by atoms with E-state index in [1.165, 1.54) is 0 Å². The van der Waals surface area contributed by atoms with Crippen LogP contribution in [-0.4, -0.2) is 34.1 Å². The summed E-state index contributed by atoms with van der Waals surface area (Å²) in [7, 11) is 1.89. The minimum Gasteiger partial charge on any atom is -0.476 e. The van der Waals surface area contributed by atoms with E-state index in [4.69, 9.17) is 0 Å². The average Bonchev–Trinajstić information content (AvgIpc) is 2.34. The summed E-state index contributed by atoms with van der Waals surface area (Å²) in [6.45, 7) is 12.3. The maximum Gasteiger partial charge on any atom is 0.356 e. The Hall–Kier alpha value is -1.65. The van der Waals surface area contributed by atoms with Gasteiger partial charge >= 0.3 is 5.97 Å². The van der Waals surface area contributed by atoms with Crippen molar-refractivity contribution in [1.29, 1.82) is 0 Å². The lowest BCUT2D eigenvalue weighted by Gasteiger charge is -2.37. The molecule has 1 heterocycles. The van der Waals surface area contributed by atoms with Crippen LogP contribution in [0.1, 0.15) is 63.8 Å². The Morgan fingerprint density at radius 2 is 1.85 bits per heavy atom. The average molecular weight is 279 g/mol. The molecule has 1 aromatic rings. The van der Waals surface area contributed by atoms with Crippen molar-refractivity contribution < 1.29 is 9.90 Å². The SMILES string of the molecule is CC(C)c1ncc(N(C)C(C)C(C)(C)C)c(C(=O)O)n1. The maximum atomic E-state index is 11.5. The Labute approximate surface area is 121 Å². The summed E-state index contributed by atoms with van der Waals surface area (Å²) in [5.41, 5.74) is 0.660. The molecule has 0 radical (unpaired) electrons. The number of hydrogen-bond acceptors (Lipinski definition) is 4. The number of carboxylic acids is 1. The van der Waals surface area contributed by atoms with E-state index in [1.807, 2.05) is 25.8 Å². The van der Waals surface area contributed by atoms with E-state index in [1.54, 1.807) is 6.20 Å². The lowest BCUT2D eigenvalue weighted by molar-refractivity contribution is 0.0690. The van der Waals surface area contributed by atoms with E-state index < -0.39 is 5.97 Å². The van der Waals surface area contributed by atoms with Gasteiger partial charge in [0.1, 0.15) is 5.82 Å². The Kier molecular flexibility index (Phi) is 4.73. The first-order valence-electron chi connectivity index (χ1n) is 6.88. The highest BCUT2D eigenvalue weighted by Gasteiger charge is 2.27. The van der Waals surface area contributed by atoms with Crippen molar-refractivity contribution in [3.8, 4) is 0 Å². The largest absolute Gasteiger partial charge is 0.476 e. The van der Waals surface area contributed by atoms with E-state index in [-0.39, 0.29) is 23.1 Å². The van der Waals surface area contributed by atoms with Crippen LogP contribution in [0.4, 0.5) is 5.69 Å². The third kappa shape index (κ3) is 3.46. The first-order chi connectivity index (χ1) is 9.05. The lowest BCUT2D eigenvalue weighted by atomic mass is 9.87. The number of nitrogens with zero attached hydrogens (tertiary/aromatic N) is 3. The van der Waals surface area contributed by atoms with Gasteiger partial charge in [0, 0.05) is 19.0 Å². The molecule has 0 bridgehead atoms. The monoisotopic (exact) mass is 279 g/mol. The highest BCUT2D eigenvalue weighted by atomic mass is 16.4. The number of carboxylic acid groups (broad SMARTS) is 1. The minimum absolute atomic E-state index is 0.0290. The van der Waals surface area contributed by atoms with Crippen LogP contribution < -0.4 is 4.90 Å². The topological polar surface area (TPSA) is 66.3 Å². The van der Waals surface area contributed by atoms with Crippen LogP contribution in [-0.2, 0) is 0 Å². The predicted octanol–water partition coefficient (Wildman–Crippen LogP) is 3.17. The van der Waals surface area contributed by atoms with Crippen molar-refractivity contribution in [2.75, 3.05) is 11.9 Å². The fourth-order valence-electron chi connectivity index (χ4n) is 1.87. The zero-order chi connectivity index (χ0) is 15.7. The highest BCUT2D eigenvalue weighted by Crippen LogP contribution is 2.29. The van der Waals surface area contributed by atoms with Gasteiger partial charge < -0.3 is 10.0 Å². The molecule has 0 aromatic carbocycles. The summed E-state index contributed by atoms with van der Waals surface area (Å²) in [5.74, 6) is -0.354. The molecule has 0 fully saturated rings. The van der Waals surface area contributed by atoms with Crippen LogP contribution in [0.5, 0.6) is 0 Å². The lowest BCUT2D eigenvalue weighted by Crippen LogP contribution is -2.40. The second-order valence-electron chi connectivity index (χ2n) is 6.57. The Morgan fingerprint density at radius 1 is 1.30 bits per heavy atom. The number of hydrogen-bond donors (Lipinski definition) is 1. The minimum atomic E-state index is -1.02.